The second kappa shape index (κ2) is 3.90. The molecule has 0 aliphatic carbocycles. The maximum absolute atomic E-state index is 12.1. The molecule has 0 saturated heterocycles. The lowest BCUT2D eigenvalue weighted by molar-refractivity contribution is -0.118. The molecule has 0 saturated carbocycles. The maximum Gasteiger partial charge on any atom is 0.190 e. The van der Waals surface area contributed by atoms with Gasteiger partial charge in [0.1, 0.15) is 10.5 Å². The number of hydrogen-bond acceptors (Lipinski definition) is 4. The Balaban J connectivity index is 3.39. The molecule has 4 nitrogen and oxygen atoms in total. The van der Waals surface area contributed by atoms with Crippen molar-refractivity contribution in [2.75, 3.05) is 0 Å². The van der Waals surface area contributed by atoms with Gasteiger partial charge in [0.2, 0.25) is 0 Å². The third-order valence-electron chi connectivity index (χ3n) is 2.65. The molecule has 0 aromatic heterocycles. The lowest BCUT2D eigenvalue weighted by Crippen LogP contribution is -2.39. The number of carbonyl (C=O) groups is 1. The molecule has 0 amide bonds. The van der Waals surface area contributed by atoms with Gasteiger partial charge in [-0.05, 0) is 39.0 Å². The molecule has 0 heterocycles. The van der Waals surface area contributed by atoms with Gasteiger partial charge >= 0.3 is 0 Å². The molecule has 0 unspecified atom stereocenters. The van der Waals surface area contributed by atoms with Crippen molar-refractivity contribution in [3.05, 3.63) is 24.3 Å². The summed E-state index contributed by atoms with van der Waals surface area (Å²) in [6.45, 7) is 3.95. The summed E-state index contributed by atoms with van der Waals surface area (Å²) in [5, 5.41) is 9.23. The number of rotatable bonds is 3. The van der Waals surface area contributed by atoms with Crippen molar-refractivity contribution in [2.24, 2.45) is 0 Å². The van der Waals surface area contributed by atoms with Crippen LogP contribution in [0, 0.1) is 0 Å². The number of carbonyl (C=O) groups excluding carboxylic acids is 1. The topological polar surface area (TPSA) is 71.4 Å². The van der Waals surface area contributed by atoms with Crippen LogP contribution >= 0.6 is 0 Å². The van der Waals surface area contributed by atoms with Gasteiger partial charge in [-0.3, -0.25) is 4.79 Å². The summed E-state index contributed by atoms with van der Waals surface area (Å²) in [5.74, 6) is -0.573. The Morgan fingerprint density at radius 1 is 1.31 bits per heavy atom. The van der Waals surface area contributed by atoms with Gasteiger partial charge in [-0.15, -0.1) is 0 Å². The van der Waals surface area contributed by atoms with E-state index in [4.69, 9.17) is 0 Å². The number of phenols is 1. The quantitative estimate of drug-likeness (QED) is 0.872. The molecule has 0 aliphatic heterocycles. The predicted octanol–water partition coefficient (Wildman–Crippen LogP) is 1.53. The third-order valence-corrected chi connectivity index (χ3v) is 5.15. The second-order valence-corrected chi connectivity index (χ2v) is 6.57. The van der Waals surface area contributed by atoms with E-state index in [0.717, 1.165) is 6.07 Å². The molecule has 5 heteroatoms. The van der Waals surface area contributed by atoms with Gasteiger partial charge in [0.15, 0.2) is 15.6 Å². The molecule has 0 radical (unpaired) electrons. The monoisotopic (exact) mass is 242 g/mol. The fourth-order valence-corrected chi connectivity index (χ4v) is 2.64. The van der Waals surface area contributed by atoms with Gasteiger partial charge in [0, 0.05) is 0 Å². The molecule has 0 aliphatic rings. The minimum absolute atomic E-state index is 0.0484. The second-order valence-electron chi connectivity index (χ2n) is 4.07. The van der Waals surface area contributed by atoms with Crippen LogP contribution in [0.3, 0.4) is 0 Å². The summed E-state index contributed by atoms with van der Waals surface area (Å²) in [6.07, 6.45) is 0. The van der Waals surface area contributed by atoms with E-state index >= 15 is 0 Å². The number of sulfone groups is 1. The van der Waals surface area contributed by atoms with Crippen molar-refractivity contribution in [3.63, 3.8) is 0 Å². The van der Waals surface area contributed by atoms with Gasteiger partial charge in [-0.1, -0.05) is 6.07 Å². The Hall–Kier alpha value is -1.36. The largest absolute Gasteiger partial charge is 0.508 e. The summed E-state index contributed by atoms with van der Waals surface area (Å²) in [7, 11) is -3.77. The van der Waals surface area contributed by atoms with Crippen LogP contribution in [0.2, 0.25) is 0 Å². The first-order valence-corrected chi connectivity index (χ1v) is 6.22. The van der Waals surface area contributed by atoms with Gasteiger partial charge in [-0.2, -0.15) is 0 Å². The first-order valence-electron chi connectivity index (χ1n) is 4.74. The summed E-state index contributed by atoms with van der Waals surface area (Å²) in [4.78, 5) is 11.3. The minimum atomic E-state index is -3.77. The molecule has 1 rings (SSSR count). The van der Waals surface area contributed by atoms with E-state index in [0.29, 0.717) is 0 Å². The lowest BCUT2D eigenvalue weighted by atomic mass is 10.1. The predicted molar refractivity (Wildman–Crippen MR) is 60.1 cm³/mol. The van der Waals surface area contributed by atoms with Crippen LogP contribution in [0.25, 0.3) is 0 Å². The standard InChI is InChI=1S/C11H14O4S/c1-8(12)11(2,3)16(14,15)10-6-4-5-9(13)7-10/h4-7,13H,1-3H3. The zero-order valence-corrected chi connectivity index (χ0v) is 10.2. The normalized spacial score (nSPS) is 12.4. The fraction of sp³-hybridized carbons (Fsp3) is 0.364. The Kier molecular flexibility index (Phi) is 3.10. The lowest BCUT2D eigenvalue weighted by Gasteiger charge is -2.21. The van der Waals surface area contributed by atoms with Gasteiger partial charge < -0.3 is 5.11 Å². The highest BCUT2D eigenvalue weighted by molar-refractivity contribution is 7.93. The highest BCUT2D eigenvalue weighted by atomic mass is 32.2. The van der Waals surface area contributed by atoms with E-state index in [1.807, 2.05) is 0 Å². The number of hydrogen-bond donors (Lipinski definition) is 1. The first-order chi connectivity index (χ1) is 7.19. The fourth-order valence-electron chi connectivity index (χ4n) is 1.13. The van der Waals surface area contributed by atoms with Crippen LogP contribution in [0.15, 0.2) is 29.2 Å². The molecule has 88 valence electrons. The van der Waals surface area contributed by atoms with Crippen molar-refractivity contribution in [1.82, 2.24) is 0 Å². The van der Waals surface area contributed by atoms with Crippen molar-refractivity contribution < 1.29 is 18.3 Å². The number of aromatic hydroxyl groups is 1. The smallest absolute Gasteiger partial charge is 0.190 e. The van der Waals surface area contributed by atoms with E-state index in [-0.39, 0.29) is 10.6 Å². The van der Waals surface area contributed by atoms with E-state index < -0.39 is 20.4 Å². The minimum Gasteiger partial charge on any atom is -0.508 e. The number of phenolic OH excluding ortho intramolecular Hbond substituents is 1. The molecule has 0 atom stereocenters. The van der Waals surface area contributed by atoms with E-state index in [1.165, 1.54) is 39.0 Å². The molecule has 1 aromatic rings. The summed E-state index contributed by atoms with van der Waals surface area (Å²) < 4.78 is 22.7. The van der Waals surface area contributed by atoms with Crippen LogP contribution in [-0.4, -0.2) is 24.1 Å². The SMILES string of the molecule is CC(=O)C(C)(C)S(=O)(=O)c1cccc(O)c1. The third kappa shape index (κ3) is 1.95. The van der Waals surface area contributed by atoms with Crippen LogP contribution in [0.5, 0.6) is 5.75 Å². The number of Topliss-reactive ketones (excluding diaryl/α,β-unsaturated/α-hetero) is 1. The number of ketones is 1. The van der Waals surface area contributed by atoms with E-state index in [2.05, 4.69) is 0 Å². The van der Waals surface area contributed by atoms with Crippen LogP contribution in [0.4, 0.5) is 0 Å². The summed E-state index contributed by atoms with van der Waals surface area (Å²) in [5.41, 5.74) is 0. The molecule has 1 N–H and O–H groups in total. The summed E-state index contributed by atoms with van der Waals surface area (Å²) in [6, 6.07) is 5.30. The molecular weight excluding hydrogens is 228 g/mol. The molecular formula is C11H14O4S. The van der Waals surface area contributed by atoms with Crippen molar-refractivity contribution >= 4 is 15.6 Å². The van der Waals surface area contributed by atoms with Crippen LogP contribution < -0.4 is 0 Å². The van der Waals surface area contributed by atoms with Crippen LogP contribution in [0.1, 0.15) is 20.8 Å². The maximum atomic E-state index is 12.1. The highest BCUT2D eigenvalue weighted by Gasteiger charge is 2.40. The molecule has 1 aromatic carbocycles. The first kappa shape index (κ1) is 12.7. The van der Waals surface area contributed by atoms with Crippen molar-refractivity contribution in [2.45, 2.75) is 30.4 Å². The van der Waals surface area contributed by atoms with Gasteiger partial charge in [-0.25, -0.2) is 8.42 Å². The number of benzene rings is 1. The Morgan fingerprint density at radius 2 is 1.88 bits per heavy atom. The van der Waals surface area contributed by atoms with Gasteiger partial charge in [0.05, 0.1) is 4.90 Å². The van der Waals surface area contributed by atoms with Gasteiger partial charge in [0.25, 0.3) is 0 Å². The zero-order valence-electron chi connectivity index (χ0n) is 9.39. The van der Waals surface area contributed by atoms with E-state index in [9.17, 15) is 18.3 Å². The Labute approximate surface area is 94.8 Å². The molecule has 0 fully saturated rings. The van der Waals surface area contributed by atoms with E-state index in [1.54, 1.807) is 0 Å². The van der Waals surface area contributed by atoms with Crippen molar-refractivity contribution in [1.29, 1.82) is 0 Å². The summed E-state index contributed by atoms with van der Waals surface area (Å²) >= 11 is 0. The zero-order chi connectivity index (χ0) is 12.6. The van der Waals surface area contributed by atoms with Crippen LogP contribution in [-0.2, 0) is 14.6 Å². The molecule has 16 heavy (non-hydrogen) atoms. The molecule has 0 bridgehead atoms. The van der Waals surface area contributed by atoms with Crippen molar-refractivity contribution in [3.8, 4) is 5.75 Å². The molecule has 0 spiro atoms. The average molecular weight is 242 g/mol. The Morgan fingerprint density at radius 3 is 2.31 bits per heavy atom. The Bertz CT molecular complexity index is 515. The average Bonchev–Trinajstić information content (AvgIpc) is 2.17. The highest BCUT2D eigenvalue weighted by Crippen LogP contribution is 2.27.